The van der Waals surface area contributed by atoms with E-state index in [9.17, 15) is 9.59 Å². The van der Waals surface area contributed by atoms with Crippen molar-refractivity contribution in [3.8, 4) is 11.5 Å². The first-order valence-corrected chi connectivity index (χ1v) is 9.41. The van der Waals surface area contributed by atoms with Gasteiger partial charge >= 0.3 is 0 Å². The lowest BCUT2D eigenvalue weighted by molar-refractivity contribution is -0.116. The van der Waals surface area contributed by atoms with E-state index in [4.69, 9.17) is 44.3 Å². The molecular formula is C19H19Cl3N2O4. The summed E-state index contributed by atoms with van der Waals surface area (Å²) in [6.07, 6.45) is 0. The van der Waals surface area contributed by atoms with Crippen LogP contribution in [-0.4, -0.2) is 44.0 Å². The summed E-state index contributed by atoms with van der Waals surface area (Å²) < 4.78 is 10.7. The summed E-state index contributed by atoms with van der Waals surface area (Å²) in [5, 5.41) is 3.46. The number of nitrogens with one attached hydrogen (secondary N) is 1. The van der Waals surface area contributed by atoms with Crippen LogP contribution in [0.25, 0.3) is 0 Å². The Balaban J connectivity index is 2.14. The molecule has 0 atom stereocenters. The molecule has 0 aliphatic rings. The number of benzene rings is 2. The van der Waals surface area contributed by atoms with Gasteiger partial charge in [-0.1, -0.05) is 40.9 Å². The topological polar surface area (TPSA) is 67.9 Å². The highest BCUT2D eigenvalue weighted by atomic mass is 35.5. The minimum absolute atomic E-state index is 0.215. The van der Waals surface area contributed by atoms with Gasteiger partial charge in [0.2, 0.25) is 5.91 Å². The quantitative estimate of drug-likeness (QED) is 0.667. The van der Waals surface area contributed by atoms with Gasteiger partial charge in [0.15, 0.2) is 11.5 Å². The fourth-order valence-electron chi connectivity index (χ4n) is 2.43. The lowest BCUT2D eigenvalue weighted by Crippen LogP contribution is -2.35. The van der Waals surface area contributed by atoms with Gasteiger partial charge < -0.3 is 19.7 Å². The molecule has 2 amide bonds. The van der Waals surface area contributed by atoms with E-state index in [-0.39, 0.29) is 17.1 Å². The van der Waals surface area contributed by atoms with E-state index in [2.05, 4.69) is 5.32 Å². The Bertz CT molecular complexity index is 869. The second-order valence-corrected chi connectivity index (χ2v) is 6.95. The highest BCUT2D eigenvalue weighted by molar-refractivity contribution is 6.39. The van der Waals surface area contributed by atoms with E-state index >= 15 is 0 Å². The van der Waals surface area contributed by atoms with Crippen molar-refractivity contribution < 1.29 is 19.1 Å². The van der Waals surface area contributed by atoms with Gasteiger partial charge in [-0.05, 0) is 31.2 Å². The molecule has 0 bridgehead atoms. The average Bonchev–Trinajstić information content (AvgIpc) is 2.65. The van der Waals surface area contributed by atoms with Crippen LogP contribution >= 0.6 is 34.8 Å². The molecule has 0 aliphatic carbocycles. The number of halogens is 3. The molecule has 0 spiro atoms. The predicted molar refractivity (Wildman–Crippen MR) is 111 cm³/mol. The number of carbonyl (C=O) groups is 2. The highest BCUT2D eigenvalue weighted by Crippen LogP contribution is 2.36. The van der Waals surface area contributed by atoms with Gasteiger partial charge in [0.05, 0.1) is 41.0 Å². The lowest BCUT2D eigenvalue weighted by Gasteiger charge is -2.19. The summed E-state index contributed by atoms with van der Waals surface area (Å²) in [5.74, 6) is -0.172. The van der Waals surface area contributed by atoms with Crippen LogP contribution in [0.5, 0.6) is 11.5 Å². The summed E-state index contributed by atoms with van der Waals surface area (Å²) in [6.45, 7) is 1.99. The van der Waals surface area contributed by atoms with Gasteiger partial charge in [-0.15, -0.1) is 0 Å². The minimum Gasteiger partial charge on any atom is -0.493 e. The Hall–Kier alpha value is -2.15. The molecular weight excluding hydrogens is 427 g/mol. The van der Waals surface area contributed by atoms with Crippen LogP contribution in [0, 0.1) is 0 Å². The van der Waals surface area contributed by atoms with Gasteiger partial charge in [0.1, 0.15) is 0 Å². The van der Waals surface area contributed by atoms with Gasteiger partial charge in [-0.2, -0.15) is 0 Å². The first-order chi connectivity index (χ1) is 13.3. The summed E-state index contributed by atoms with van der Waals surface area (Å²) in [5.41, 5.74) is 0.554. The molecule has 2 aromatic rings. The number of hydrogen-bond donors (Lipinski definition) is 1. The zero-order valence-electron chi connectivity index (χ0n) is 15.5. The molecule has 0 radical (unpaired) electrons. The van der Waals surface area contributed by atoms with Crippen molar-refractivity contribution >= 4 is 52.3 Å². The van der Waals surface area contributed by atoms with E-state index in [1.165, 1.54) is 31.2 Å². The number of ether oxygens (including phenoxy) is 2. The molecule has 0 aliphatic heterocycles. The number of anilines is 1. The van der Waals surface area contributed by atoms with Crippen LogP contribution in [0.1, 0.15) is 17.3 Å². The minimum atomic E-state index is -0.449. The van der Waals surface area contributed by atoms with Crippen LogP contribution in [0.3, 0.4) is 0 Å². The molecule has 0 saturated heterocycles. The average molecular weight is 446 g/mol. The van der Waals surface area contributed by atoms with Crippen LogP contribution in [0.4, 0.5) is 5.69 Å². The van der Waals surface area contributed by atoms with E-state index in [1.54, 1.807) is 18.2 Å². The normalized spacial score (nSPS) is 10.4. The summed E-state index contributed by atoms with van der Waals surface area (Å²) in [4.78, 5) is 26.2. The lowest BCUT2D eigenvalue weighted by atomic mass is 10.1. The zero-order valence-corrected chi connectivity index (χ0v) is 17.8. The van der Waals surface area contributed by atoms with Crippen molar-refractivity contribution in [1.82, 2.24) is 4.90 Å². The Labute approximate surface area is 178 Å². The molecule has 0 saturated carbocycles. The number of para-hydroxylation sites is 1. The maximum absolute atomic E-state index is 12.7. The van der Waals surface area contributed by atoms with Crippen LogP contribution < -0.4 is 14.8 Å². The molecule has 0 aromatic heterocycles. The number of hydrogen-bond acceptors (Lipinski definition) is 4. The SMILES string of the molecule is CCOc1c(Cl)cc(C(=O)N(C)CC(=O)Nc2c(Cl)cccc2Cl)cc1OC. The van der Waals surface area contributed by atoms with Gasteiger partial charge in [0, 0.05) is 12.6 Å². The van der Waals surface area contributed by atoms with Crippen molar-refractivity contribution in [2.45, 2.75) is 6.92 Å². The third kappa shape index (κ3) is 5.22. The van der Waals surface area contributed by atoms with E-state index in [0.717, 1.165) is 0 Å². The zero-order chi connectivity index (χ0) is 20.8. The Kier molecular flexibility index (Phi) is 7.80. The molecule has 6 nitrogen and oxygen atoms in total. The Morgan fingerprint density at radius 1 is 1.11 bits per heavy atom. The summed E-state index contributed by atoms with van der Waals surface area (Å²) in [6, 6.07) is 7.85. The monoisotopic (exact) mass is 444 g/mol. The van der Waals surface area contributed by atoms with E-state index in [1.807, 2.05) is 6.92 Å². The van der Waals surface area contributed by atoms with Crippen molar-refractivity contribution in [2.75, 3.05) is 32.6 Å². The first kappa shape index (κ1) is 22.1. The second kappa shape index (κ2) is 9.87. The molecule has 28 heavy (non-hydrogen) atoms. The highest BCUT2D eigenvalue weighted by Gasteiger charge is 2.20. The van der Waals surface area contributed by atoms with E-state index in [0.29, 0.717) is 33.8 Å². The first-order valence-electron chi connectivity index (χ1n) is 8.28. The largest absolute Gasteiger partial charge is 0.493 e. The van der Waals surface area contributed by atoms with Crippen molar-refractivity contribution in [3.05, 3.63) is 51.0 Å². The summed E-state index contributed by atoms with van der Waals surface area (Å²) in [7, 11) is 2.94. The molecule has 0 fully saturated rings. The number of rotatable bonds is 7. The third-order valence-corrected chi connectivity index (χ3v) is 4.63. The smallest absolute Gasteiger partial charge is 0.254 e. The van der Waals surface area contributed by atoms with Gasteiger partial charge in [-0.25, -0.2) is 0 Å². The molecule has 2 rings (SSSR count). The molecule has 150 valence electrons. The van der Waals surface area contributed by atoms with E-state index < -0.39 is 11.8 Å². The number of amides is 2. The Morgan fingerprint density at radius 3 is 2.32 bits per heavy atom. The molecule has 1 N–H and O–H groups in total. The van der Waals surface area contributed by atoms with Crippen molar-refractivity contribution in [3.63, 3.8) is 0 Å². The molecule has 9 heteroatoms. The second-order valence-electron chi connectivity index (χ2n) is 5.73. The number of carbonyl (C=O) groups excluding carboxylic acids is 2. The molecule has 0 unspecified atom stereocenters. The Morgan fingerprint density at radius 2 is 1.75 bits per heavy atom. The maximum Gasteiger partial charge on any atom is 0.254 e. The molecule has 0 heterocycles. The van der Waals surface area contributed by atoms with Crippen LogP contribution in [-0.2, 0) is 4.79 Å². The number of methoxy groups -OCH3 is 1. The number of nitrogens with zero attached hydrogens (tertiary/aromatic N) is 1. The van der Waals surface area contributed by atoms with Gasteiger partial charge in [0.25, 0.3) is 5.91 Å². The summed E-state index contributed by atoms with van der Waals surface area (Å²) >= 11 is 18.3. The van der Waals surface area contributed by atoms with Crippen LogP contribution in [0.2, 0.25) is 15.1 Å². The molecule has 2 aromatic carbocycles. The van der Waals surface area contributed by atoms with Crippen molar-refractivity contribution in [2.24, 2.45) is 0 Å². The third-order valence-electron chi connectivity index (χ3n) is 3.72. The predicted octanol–water partition coefficient (Wildman–Crippen LogP) is 4.76. The maximum atomic E-state index is 12.7. The van der Waals surface area contributed by atoms with Gasteiger partial charge in [-0.3, -0.25) is 9.59 Å². The standard InChI is InChI=1S/C19H19Cl3N2O4/c1-4-28-18-14(22)8-11(9-15(18)27-3)19(26)24(2)10-16(25)23-17-12(20)6-5-7-13(17)21/h5-9H,4,10H2,1-3H3,(H,23,25). The van der Waals surface area contributed by atoms with Crippen molar-refractivity contribution in [1.29, 1.82) is 0 Å². The fraction of sp³-hybridized carbons (Fsp3) is 0.263. The van der Waals surface area contributed by atoms with Crippen LogP contribution in [0.15, 0.2) is 30.3 Å². The number of likely N-dealkylation sites (N-methyl/N-ethyl adjacent to an activating group) is 1. The fourth-order valence-corrected chi connectivity index (χ4v) is 3.19.